The number of rotatable bonds is 6. The lowest BCUT2D eigenvalue weighted by Crippen LogP contribution is -2.31. The van der Waals surface area contributed by atoms with Gasteiger partial charge in [0.25, 0.3) is 0 Å². The number of imidazole rings is 1. The van der Waals surface area contributed by atoms with Gasteiger partial charge >= 0.3 is 5.69 Å². The summed E-state index contributed by atoms with van der Waals surface area (Å²) >= 11 is 0. The molecule has 120 valence electrons. The summed E-state index contributed by atoms with van der Waals surface area (Å²) in [4.78, 5) is 23.9. The summed E-state index contributed by atoms with van der Waals surface area (Å²) in [5.41, 5.74) is 2.96. The Morgan fingerprint density at radius 3 is 2.41 bits per heavy atom. The molecule has 0 fully saturated rings. The zero-order valence-corrected chi connectivity index (χ0v) is 13.8. The van der Waals surface area contributed by atoms with Crippen LogP contribution in [-0.2, 0) is 25.3 Å². The minimum absolute atomic E-state index is 0.0193. The van der Waals surface area contributed by atoms with Crippen LogP contribution in [0.3, 0.4) is 0 Å². The highest BCUT2D eigenvalue weighted by Gasteiger charge is 2.13. The minimum Gasteiger partial charge on any atom is -0.356 e. The Hall–Kier alpha value is -2.04. The Morgan fingerprint density at radius 1 is 1.14 bits per heavy atom. The molecule has 22 heavy (non-hydrogen) atoms. The highest BCUT2D eigenvalue weighted by Crippen LogP contribution is 2.14. The summed E-state index contributed by atoms with van der Waals surface area (Å²) in [6.07, 6.45) is 2.52. The molecule has 0 saturated heterocycles. The van der Waals surface area contributed by atoms with E-state index in [9.17, 15) is 9.59 Å². The molecule has 1 N–H and O–H groups in total. The van der Waals surface area contributed by atoms with Gasteiger partial charge < -0.3 is 5.32 Å². The smallest absolute Gasteiger partial charge is 0.328 e. The predicted octanol–water partition coefficient (Wildman–Crippen LogP) is 1.97. The first-order valence-electron chi connectivity index (χ1n) is 7.91. The summed E-state index contributed by atoms with van der Waals surface area (Å²) in [6, 6.07) is 6.01. The third-order valence-electron chi connectivity index (χ3n) is 4.41. The monoisotopic (exact) mass is 303 g/mol. The van der Waals surface area contributed by atoms with E-state index in [0.29, 0.717) is 6.54 Å². The Balaban J connectivity index is 2.05. The van der Waals surface area contributed by atoms with Gasteiger partial charge in [0.1, 0.15) is 0 Å². The molecule has 2 rings (SSSR count). The van der Waals surface area contributed by atoms with E-state index < -0.39 is 0 Å². The van der Waals surface area contributed by atoms with Crippen molar-refractivity contribution in [1.82, 2.24) is 14.5 Å². The average Bonchev–Trinajstić information content (AvgIpc) is 2.73. The number of amides is 1. The van der Waals surface area contributed by atoms with E-state index in [0.717, 1.165) is 35.9 Å². The van der Waals surface area contributed by atoms with Crippen molar-refractivity contribution in [1.29, 1.82) is 0 Å². The van der Waals surface area contributed by atoms with E-state index in [-0.39, 0.29) is 17.5 Å². The van der Waals surface area contributed by atoms with Crippen molar-refractivity contribution in [3.63, 3.8) is 0 Å². The van der Waals surface area contributed by atoms with Gasteiger partial charge in [-0.3, -0.25) is 13.9 Å². The summed E-state index contributed by atoms with van der Waals surface area (Å²) in [7, 11) is 3.56. The van der Waals surface area contributed by atoms with Crippen LogP contribution in [0.25, 0.3) is 11.0 Å². The molecule has 0 spiro atoms. The van der Waals surface area contributed by atoms with Crippen LogP contribution >= 0.6 is 0 Å². The first kappa shape index (κ1) is 16.3. The zero-order chi connectivity index (χ0) is 16.3. The van der Waals surface area contributed by atoms with E-state index in [2.05, 4.69) is 5.32 Å². The fourth-order valence-corrected chi connectivity index (χ4v) is 2.84. The highest BCUT2D eigenvalue weighted by atomic mass is 16.2. The lowest BCUT2D eigenvalue weighted by molar-refractivity contribution is -0.125. The summed E-state index contributed by atoms with van der Waals surface area (Å²) in [5.74, 6) is 0.246. The van der Waals surface area contributed by atoms with Gasteiger partial charge in [0.15, 0.2) is 0 Å². The van der Waals surface area contributed by atoms with Gasteiger partial charge in [-0.1, -0.05) is 19.9 Å². The van der Waals surface area contributed by atoms with E-state index in [1.165, 1.54) is 0 Å². The number of aromatic nitrogens is 2. The molecule has 5 nitrogen and oxygen atoms in total. The van der Waals surface area contributed by atoms with Crippen molar-refractivity contribution >= 4 is 16.9 Å². The quantitative estimate of drug-likeness (QED) is 0.887. The van der Waals surface area contributed by atoms with Crippen LogP contribution in [0.2, 0.25) is 0 Å². The van der Waals surface area contributed by atoms with Crippen molar-refractivity contribution in [3.8, 4) is 0 Å². The average molecular weight is 303 g/mol. The molecule has 1 aromatic heterocycles. The zero-order valence-electron chi connectivity index (χ0n) is 13.8. The van der Waals surface area contributed by atoms with Crippen molar-refractivity contribution in [2.24, 2.45) is 20.0 Å². The number of carbonyl (C=O) groups excluding carboxylic acids is 1. The lowest BCUT2D eigenvalue weighted by atomic mass is 10.0. The molecule has 0 saturated carbocycles. The third kappa shape index (κ3) is 3.08. The van der Waals surface area contributed by atoms with Crippen LogP contribution in [-0.4, -0.2) is 21.6 Å². The van der Waals surface area contributed by atoms with Gasteiger partial charge in [-0.15, -0.1) is 0 Å². The van der Waals surface area contributed by atoms with Gasteiger partial charge in [-0.05, 0) is 37.0 Å². The molecule has 0 radical (unpaired) electrons. The first-order valence-corrected chi connectivity index (χ1v) is 7.91. The molecule has 1 heterocycles. The fraction of sp³-hybridized carbons (Fsp3) is 0.529. The van der Waals surface area contributed by atoms with Gasteiger partial charge in [0, 0.05) is 26.6 Å². The maximum Gasteiger partial charge on any atom is 0.328 e. The molecular weight excluding hydrogens is 278 g/mol. The van der Waals surface area contributed by atoms with Gasteiger partial charge in [0.2, 0.25) is 5.91 Å². The van der Waals surface area contributed by atoms with Gasteiger partial charge in [-0.25, -0.2) is 4.79 Å². The highest BCUT2D eigenvalue weighted by molar-refractivity contribution is 5.78. The number of fused-ring (bicyclic) bond motifs is 1. The Kier molecular flexibility index (Phi) is 5.06. The molecule has 5 heteroatoms. The van der Waals surface area contributed by atoms with E-state index >= 15 is 0 Å². The number of hydrogen-bond donors (Lipinski definition) is 1. The van der Waals surface area contributed by atoms with E-state index in [1.807, 2.05) is 32.0 Å². The number of nitrogens with zero attached hydrogens (tertiary/aromatic N) is 2. The molecule has 1 aromatic carbocycles. The lowest BCUT2D eigenvalue weighted by Gasteiger charge is -2.12. The summed E-state index contributed by atoms with van der Waals surface area (Å²) in [5, 5.41) is 3.00. The van der Waals surface area contributed by atoms with Gasteiger partial charge in [0.05, 0.1) is 11.0 Å². The maximum atomic E-state index is 12.0. The molecule has 0 aliphatic heterocycles. The van der Waals surface area contributed by atoms with Crippen LogP contribution in [0.5, 0.6) is 0 Å². The van der Waals surface area contributed by atoms with Crippen LogP contribution in [0, 0.1) is 5.92 Å². The number of benzene rings is 1. The van der Waals surface area contributed by atoms with Crippen LogP contribution in [0.4, 0.5) is 0 Å². The van der Waals surface area contributed by atoms with Crippen LogP contribution < -0.4 is 11.0 Å². The van der Waals surface area contributed by atoms with Gasteiger partial charge in [-0.2, -0.15) is 0 Å². The molecular formula is C17H25N3O2. The SMILES string of the molecule is CCC(CC)C(=O)NCCc1ccc2c(c1)n(C)c(=O)n2C. The topological polar surface area (TPSA) is 56.0 Å². The number of hydrogen-bond acceptors (Lipinski definition) is 2. The van der Waals surface area contributed by atoms with Crippen molar-refractivity contribution in [3.05, 3.63) is 34.2 Å². The maximum absolute atomic E-state index is 12.0. The Morgan fingerprint density at radius 2 is 1.77 bits per heavy atom. The normalized spacial score (nSPS) is 11.3. The van der Waals surface area contributed by atoms with Crippen molar-refractivity contribution in [2.75, 3.05) is 6.54 Å². The molecule has 2 aromatic rings. The molecule has 0 aliphatic carbocycles. The van der Waals surface area contributed by atoms with E-state index in [4.69, 9.17) is 0 Å². The van der Waals surface area contributed by atoms with Crippen LogP contribution in [0.1, 0.15) is 32.3 Å². The van der Waals surface area contributed by atoms with Crippen molar-refractivity contribution < 1.29 is 4.79 Å². The molecule has 0 atom stereocenters. The largest absolute Gasteiger partial charge is 0.356 e. The second-order valence-corrected chi connectivity index (χ2v) is 5.78. The summed E-state index contributed by atoms with van der Waals surface area (Å²) in [6.45, 7) is 4.71. The second kappa shape index (κ2) is 6.81. The predicted molar refractivity (Wildman–Crippen MR) is 88.9 cm³/mol. The number of aryl methyl sites for hydroxylation is 2. The Labute approximate surface area is 130 Å². The number of carbonyl (C=O) groups is 1. The minimum atomic E-state index is -0.0193. The molecule has 0 bridgehead atoms. The standard InChI is InChI=1S/C17H25N3O2/c1-5-13(6-2)16(21)18-10-9-12-7-8-14-15(11-12)20(4)17(22)19(14)3/h7-8,11,13H,5-6,9-10H2,1-4H3,(H,18,21). The van der Waals surface area contributed by atoms with Crippen molar-refractivity contribution in [2.45, 2.75) is 33.1 Å². The fourth-order valence-electron chi connectivity index (χ4n) is 2.84. The Bertz CT molecular complexity index is 723. The second-order valence-electron chi connectivity index (χ2n) is 5.78. The number of nitrogens with one attached hydrogen (secondary N) is 1. The van der Waals surface area contributed by atoms with Crippen LogP contribution in [0.15, 0.2) is 23.0 Å². The first-order chi connectivity index (χ1) is 10.5. The van der Waals surface area contributed by atoms with E-state index in [1.54, 1.807) is 23.2 Å². The molecule has 1 amide bonds. The third-order valence-corrected chi connectivity index (χ3v) is 4.41. The molecule has 0 aliphatic rings. The molecule has 0 unspecified atom stereocenters. The summed E-state index contributed by atoms with van der Waals surface area (Å²) < 4.78 is 3.30.